The zero-order chi connectivity index (χ0) is 3.58. The molecule has 0 saturated heterocycles. The molecule has 3 heteroatoms. The summed E-state index contributed by atoms with van der Waals surface area (Å²) in [5.41, 5.74) is 0. The Kier molecular flexibility index (Phi) is 1.80. The average molecular weight is 254 g/mol. The molecule has 4 heavy (non-hydrogen) atoms. The quantitative estimate of drug-likeness (QED) is 0.609. The van der Waals surface area contributed by atoms with Crippen molar-refractivity contribution in [2.24, 2.45) is 0 Å². The van der Waals surface area contributed by atoms with Crippen molar-refractivity contribution in [2.75, 3.05) is 0 Å². The first kappa shape index (κ1) is 4.35. The van der Waals surface area contributed by atoms with Crippen LogP contribution in [0.25, 0.3) is 0 Å². The van der Waals surface area contributed by atoms with Crippen molar-refractivity contribution in [3.05, 3.63) is 0 Å². The summed E-state index contributed by atoms with van der Waals surface area (Å²) in [7, 11) is 0. The SMILES string of the molecule is O=[C](O)[Bi]. The van der Waals surface area contributed by atoms with Gasteiger partial charge in [-0.3, -0.25) is 0 Å². The molecular weight excluding hydrogens is 253 g/mol. The topological polar surface area (TPSA) is 37.3 Å². The molecule has 0 spiro atoms. The van der Waals surface area contributed by atoms with Gasteiger partial charge in [0.05, 0.1) is 0 Å². The zero-order valence-corrected chi connectivity index (χ0v) is 5.28. The van der Waals surface area contributed by atoms with Gasteiger partial charge in [0.25, 0.3) is 0 Å². The van der Waals surface area contributed by atoms with Crippen molar-refractivity contribution in [3.63, 3.8) is 0 Å². The van der Waals surface area contributed by atoms with Gasteiger partial charge in [0.1, 0.15) is 0 Å². The summed E-state index contributed by atoms with van der Waals surface area (Å²) in [5.74, 6) is 0. The van der Waals surface area contributed by atoms with Crippen LogP contribution in [0.3, 0.4) is 0 Å². The summed E-state index contributed by atoms with van der Waals surface area (Å²) in [4.78, 5) is 9.05. The van der Waals surface area contributed by atoms with Crippen LogP contribution in [0.2, 0.25) is 0 Å². The molecule has 2 radical (unpaired) electrons. The van der Waals surface area contributed by atoms with Gasteiger partial charge in [0.2, 0.25) is 0 Å². The summed E-state index contributed by atoms with van der Waals surface area (Å²) in [6.07, 6.45) is 0. The normalized spacial score (nSPS) is 6.25. The standard InChI is InChI=1S/CHO2.Bi/c2-1-3;/h(H,2,3);. The minimum atomic E-state index is -0.722. The van der Waals surface area contributed by atoms with E-state index < -0.39 is 3.68 Å². The average Bonchev–Trinajstić information content (AvgIpc) is 0.811. The Bertz CT molecular complexity index is 29.0. The number of hydrogen-bond acceptors (Lipinski definition) is 1. The molecule has 0 bridgehead atoms. The van der Waals surface area contributed by atoms with Crippen LogP contribution in [-0.4, -0.2) is 33.5 Å². The third-order valence-electron chi connectivity index (χ3n) is 0. The van der Waals surface area contributed by atoms with E-state index in [1.807, 2.05) is 0 Å². The van der Waals surface area contributed by atoms with Gasteiger partial charge in [0, 0.05) is 0 Å². The molecule has 0 aliphatic heterocycles. The van der Waals surface area contributed by atoms with Gasteiger partial charge in [-0.05, 0) is 0 Å². The molecule has 0 heterocycles. The van der Waals surface area contributed by atoms with Crippen LogP contribution in [0, 0.1) is 0 Å². The van der Waals surface area contributed by atoms with Crippen LogP contribution in [0.4, 0.5) is 4.79 Å². The first-order valence-corrected chi connectivity index (χ1v) is 2.39. The van der Waals surface area contributed by atoms with Crippen LogP contribution >= 0.6 is 0 Å². The fourth-order valence-corrected chi connectivity index (χ4v) is 0. The van der Waals surface area contributed by atoms with Crippen molar-refractivity contribution < 1.29 is 9.90 Å². The Hall–Kier alpha value is 0.353. The molecule has 0 unspecified atom stereocenters. The van der Waals surface area contributed by atoms with Gasteiger partial charge in [-0.1, -0.05) is 0 Å². The van der Waals surface area contributed by atoms with Gasteiger partial charge in [-0.2, -0.15) is 0 Å². The predicted molar refractivity (Wildman–Crippen MR) is 13.8 cm³/mol. The molecule has 0 amide bonds. The van der Waals surface area contributed by atoms with E-state index in [0.29, 0.717) is 24.7 Å². The minimum absolute atomic E-state index is 0.429. The molecule has 0 aliphatic rings. The first-order chi connectivity index (χ1) is 1.73. The van der Waals surface area contributed by atoms with Crippen LogP contribution in [0.5, 0.6) is 0 Å². The van der Waals surface area contributed by atoms with E-state index in [2.05, 4.69) is 0 Å². The molecule has 0 aromatic rings. The van der Waals surface area contributed by atoms with Gasteiger partial charge in [-0.15, -0.1) is 0 Å². The molecule has 0 aromatic carbocycles. The fraction of sp³-hybridized carbons (Fsp3) is 0. The predicted octanol–water partition coefficient (Wildman–Crippen LogP) is -0.167. The van der Waals surface area contributed by atoms with E-state index in [-0.39, 0.29) is 0 Å². The number of carboxylic acid groups (broad SMARTS) is 1. The zero-order valence-electron chi connectivity index (χ0n) is 1.80. The van der Waals surface area contributed by atoms with Crippen LogP contribution in [0.1, 0.15) is 0 Å². The molecule has 0 fully saturated rings. The van der Waals surface area contributed by atoms with E-state index >= 15 is 0 Å². The van der Waals surface area contributed by atoms with Crippen molar-refractivity contribution >= 4 is 28.4 Å². The number of hydrogen-bond donors (Lipinski definition) is 1. The van der Waals surface area contributed by atoms with Gasteiger partial charge >= 0.3 is 38.3 Å². The number of rotatable bonds is 0. The Labute approximate surface area is 38.7 Å². The molecular formula is CHBiO2. The molecule has 0 aromatic heterocycles. The third kappa shape index (κ3) is 34.6. The second-order valence-electron chi connectivity index (χ2n) is 0.283. The summed E-state index contributed by atoms with van der Waals surface area (Å²) < 4.78 is -0.722. The monoisotopic (exact) mass is 254 g/mol. The maximum atomic E-state index is 9.05. The second kappa shape index (κ2) is 1.65. The van der Waals surface area contributed by atoms with Crippen LogP contribution in [0.15, 0.2) is 0 Å². The Morgan fingerprint density at radius 3 is 2.00 bits per heavy atom. The van der Waals surface area contributed by atoms with E-state index in [4.69, 9.17) is 9.90 Å². The molecule has 0 saturated carbocycles. The first-order valence-electron chi connectivity index (χ1n) is 0.651. The Balaban J connectivity index is 2.80. The Morgan fingerprint density at radius 1 is 2.00 bits per heavy atom. The molecule has 1 N–H and O–H groups in total. The van der Waals surface area contributed by atoms with Crippen molar-refractivity contribution in [1.82, 2.24) is 0 Å². The fourth-order valence-electron chi connectivity index (χ4n) is 0. The summed E-state index contributed by atoms with van der Waals surface area (Å²) >= 11 is 0.429. The summed E-state index contributed by atoms with van der Waals surface area (Å²) in [6, 6.07) is 0. The van der Waals surface area contributed by atoms with Crippen molar-refractivity contribution in [1.29, 1.82) is 0 Å². The molecule has 2 nitrogen and oxygen atoms in total. The molecule has 0 rings (SSSR count). The van der Waals surface area contributed by atoms with Crippen LogP contribution in [-0.2, 0) is 0 Å². The van der Waals surface area contributed by atoms with Crippen LogP contribution < -0.4 is 0 Å². The second-order valence-corrected chi connectivity index (χ2v) is 1.77. The summed E-state index contributed by atoms with van der Waals surface area (Å²) in [6.45, 7) is 0. The number of carbonyl (C=O) groups is 1. The summed E-state index contributed by atoms with van der Waals surface area (Å²) in [5, 5.41) is 7.47. The van der Waals surface area contributed by atoms with Gasteiger partial charge < -0.3 is 0 Å². The van der Waals surface area contributed by atoms with Crippen molar-refractivity contribution in [2.45, 2.75) is 0 Å². The molecule has 0 aliphatic carbocycles. The molecule has 0 atom stereocenters. The van der Waals surface area contributed by atoms with E-state index in [9.17, 15) is 0 Å². The van der Waals surface area contributed by atoms with E-state index in [0.717, 1.165) is 0 Å². The molecule has 22 valence electrons. The van der Waals surface area contributed by atoms with Crippen molar-refractivity contribution in [3.8, 4) is 0 Å². The van der Waals surface area contributed by atoms with E-state index in [1.54, 1.807) is 0 Å². The van der Waals surface area contributed by atoms with E-state index in [1.165, 1.54) is 0 Å². The third-order valence-corrected chi connectivity index (χ3v) is 0. The maximum absolute atomic E-state index is 9.05. The van der Waals surface area contributed by atoms with Gasteiger partial charge in [0.15, 0.2) is 0 Å². The Morgan fingerprint density at radius 2 is 2.00 bits per heavy atom. The van der Waals surface area contributed by atoms with Gasteiger partial charge in [-0.25, -0.2) is 0 Å².